The van der Waals surface area contributed by atoms with Crippen molar-refractivity contribution in [1.29, 1.82) is 0 Å². The second kappa shape index (κ2) is 8.78. The molecule has 0 saturated heterocycles. The van der Waals surface area contributed by atoms with E-state index in [0.717, 1.165) is 18.7 Å². The predicted octanol–water partition coefficient (Wildman–Crippen LogP) is -5.15. The molecule has 0 spiro atoms. The molecule has 0 atom stereocenters. The van der Waals surface area contributed by atoms with Gasteiger partial charge in [0.2, 0.25) is 0 Å². The van der Waals surface area contributed by atoms with Crippen molar-refractivity contribution in [2.45, 2.75) is 6.42 Å². The van der Waals surface area contributed by atoms with Crippen LogP contribution in [0.1, 0.15) is 5.69 Å². The number of pyridine rings is 1. The van der Waals surface area contributed by atoms with Crippen molar-refractivity contribution >= 4 is 0 Å². The van der Waals surface area contributed by atoms with E-state index in [9.17, 15) is 0 Å². The SMILES string of the molecule is CNCCc1ccccn1.[Cl-].[Cl-]. The minimum atomic E-state index is 0. The average Bonchev–Trinajstić information content (AvgIpc) is 2.03. The fourth-order valence-electron chi connectivity index (χ4n) is 0.799. The normalized spacial score (nSPS) is 8.08. The third-order valence-electron chi connectivity index (χ3n) is 1.36. The minimum Gasteiger partial charge on any atom is -1.00 e. The third-order valence-corrected chi connectivity index (χ3v) is 1.36. The lowest BCUT2D eigenvalue weighted by Gasteiger charge is -1.96. The summed E-state index contributed by atoms with van der Waals surface area (Å²) < 4.78 is 0. The monoisotopic (exact) mass is 206 g/mol. The topological polar surface area (TPSA) is 24.9 Å². The third kappa shape index (κ3) is 5.35. The lowest BCUT2D eigenvalue weighted by Crippen LogP contribution is -3.00. The van der Waals surface area contributed by atoms with Gasteiger partial charge in [-0.1, -0.05) is 6.07 Å². The first-order valence-corrected chi connectivity index (χ1v) is 3.48. The number of hydrogen-bond acceptors (Lipinski definition) is 2. The molecule has 1 aromatic rings. The van der Waals surface area contributed by atoms with Crippen LogP contribution in [0.15, 0.2) is 24.4 Å². The van der Waals surface area contributed by atoms with Gasteiger partial charge in [-0.15, -0.1) is 0 Å². The molecule has 0 amide bonds. The molecule has 1 N–H and O–H groups in total. The molecule has 1 rings (SSSR count). The summed E-state index contributed by atoms with van der Waals surface area (Å²) in [5.41, 5.74) is 1.15. The Morgan fingerprint density at radius 1 is 1.33 bits per heavy atom. The standard InChI is InChI=1S/C8H12N2.2ClH/c1-9-7-5-8-4-2-3-6-10-8;;/h2-4,6,9H,5,7H2,1H3;2*1H/p-2. The summed E-state index contributed by atoms with van der Waals surface area (Å²) in [6.45, 7) is 0.997. The van der Waals surface area contributed by atoms with Crippen LogP contribution < -0.4 is 30.1 Å². The molecule has 0 bridgehead atoms. The summed E-state index contributed by atoms with van der Waals surface area (Å²) in [4.78, 5) is 4.18. The molecule has 2 nitrogen and oxygen atoms in total. The van der Waals surface area contributed by atoms with Gasteiger partial charge in [0.05, 0.1) is 0 Å². The number of likely N-dealkylation sites (N-methyl/N-ethyl adjacent to an activating group) is 1. The lowest BCUT2D eigenvalue weighted by atomic mass is 10.3. The van der Waals surface area contributed by atoms with Gasteiger partial charge in [0.1, 0.15) is 0 Å². The number of nitrogens with zero attached hydrogens (tertiary/aromatic N) is 1. The van der Waals surface area contributed by atoms with E-state index in [4.69, 9.17) is 0 Å². The predicted molar refractivity (Wildman–Crippen MR) is 41.9 cm³/mol. The Bertz CT molecular complexity index is 180. The first-order valence-electron chi connectivity index (χ1n) is 3.48. The summed E-state index contributed by atoms with van der Waals surface area (Å²) >= 11 is 0. The van der Waals surface area contributed by atoms with Crippen LogP contribution in [0.3, 0.4) is 0 Å². The van der Waals surface area contributed by atoms with Gasteiger partial charge in [0.25, 0.3) is 0 Å². The zero-order chi connectivity index (χ0) is 7.23. The van der Waals surface area contributed by atoms with E-state index in [1.54, 1.807) is 0 Å². The van der Waals surface area contributed by atoms with Gasteiger partial charge in [0.15, 0.2) is 0 Å². The second-order valence-electron chi connectivity index (χ2n) is 2.17. The Morgan fingerprint density at radius 2 is 2.08 bits per heavy atom. The van der Waals surface area contributed by atoms with Crippen molar-refractivity contribution in [2.24, 2.45) is 0 Å². The van der Waals surface area contributed by atoms with Crippen LogP contribution in [0, 0.1) is 0 Å². The quantitative estimate of drug-likeness (QED) is 0.536. The van der Waals surface area contributed by atoms with Gasteiger partial charge in [-0.05, 0) is 19.2 Å². The van der Waals surface area contributed by atoms with Crippen molar-refractivity contribution in [3.8, 4) is 0 Å². The molecule has 1 aromatic heterocycles. The molecule has 0 unspecified atom stereocenters. The van der Waals surface area contributed by atoms with E-state index < -0.39 is 0 Å². The Kier molecular flexibility index (Phi) is 10.4. The molecule has 0 aliphatic carbocycles. The van der Waals surface area contributed by atoms with Crippen molar-refractivity contribution in [2.75, 3.05) is 13.6 Å². The maximum Gasteiger partial charge on any atom is 0.0416 e. The Labute approximate surface area is 85.6 Å². The Morgan fingerprint density at radius 3 is 2.58 bits per heavy atom. The van der Waals surface area contributed by atoms with Crippen LogP contribution in [0.5, 0.6) is 0 Å². The fraction of sp³-hybridized carbons (Fsp3) is 0.375. The van der Waals surface area contributed by atoms with Gasteiger partial charge >= 0.3 is 0 Å². The van der Waals surface area contributed by atoms with Gasteiger partial charge in [-0.2, -0.15) is 0 Å². The van der Waals surface area contributed by atoms with E-state index in [-0.39, 0.29) is 24.8 Å². The van der Waals surface area contributed by atoms with E-state index in [1.165, 1.54) is 0 Å². The highest BCUT2D eigenvalue weighted by atomic mass is 35.5. The maximum absolute atomic E-state index is 4.18. The van der Waals surface area contributed by atoms with Crippen LogP contribution >= 0.6 is 0 Å². The van der Waals surface area contributed by atoms with E-state index >= 15 is 0 Å². The van der Waals surface area contributed by atoms with Crippen LogP contribution in [0.25, 0.3) is 0 Å². The summed E-state index contributed by atoms with van der Waals surface area (Å²) in [7, 11) is 1.95. The molecule has 0 radical (unpaired) electrons. The smallest absolute Gasteiger partial charge is 0.0416 e. The summed E-state index contributed by atoms with van der Waals surface area (Å²) in [5.74, 6) is 0. The van der Waals surface area contributed by atoms with E-state index in [0.29, 0.717) is 0 Å². The molecule has 0 aromatic carbocycles. The average molecular weight is 207 g/mol. The molecule has 0 saturated carbocycles. The van der Waals surface area contributed by atoms with Crippen LogP contribution in [0.2, 0.25) is 0 Å². The van der Waals surface area contributed by atoms with Crippen molar-refractivity contribution in [3.63, 3.8) is 0 Å². The highest BCUT2D eigenvalue weighted by molar-refractivity contribution is 5.03. The lowest BCUT2D eigenvalue weighted by molar-refractivity contribution is -0.001000. The highest BCUT2D eigenvalue weighted by Gasteiger charge is 1.88. The fourth-order valence-corrected chi connectivity index (χ4v) is 0.799. The summed E-state index contributed by atoms with van der Waals surface area (Å²) in [5, 5.41) is 3.08. The van der Waals surface area contributed by atoms with Gasteiger partial charge in [-0.25, -0.2) is 0 Å². The molecule has 0 aliphatic heterocycles. The summed E-state index contributed by atoms with van der Waals surface area (Å²) in [6.07, 6.45) is 2.84. The number of aromatic nitrogens is 1. The van der Waals surface area contributed by atoms with Gasteiger partial charge in [-0.3, -0.25) is 4.98 Å². The number of rotatable bonds is 3. The van der Waals surface area contributed by atoms with Crippen LogP contribution in [-0.4, -0.2) is 18.6 Å². The van der Waals surface area contributed by atoms with E-state index in [1.807, 2.05) is 31.4 Å². The van der Waals surface area contributed by atoms with Crippen molar-refractivity contribution < 1.29 is 24.8 Å². The first-order chi connectivity index (χ1) is 4.93. The molecule has 70 valence electrons. The highest BCUT2D eigenvalue weighted by Crippen LogP contribution is 1.92. The Hall–Kier alpha value is -0.310. The Balaban J connectivity index is 0. The van der Waals surface area contributed by atoms with Crippen molar-refractivity contribution in [1.82, 2.24) is 10.3 Å². The number of nitrogens with one attached hydrogen (secondary N) is 1. The molecular formula is C8H12Cl2N2-2. The van der Waals surface area contributed by atoms with Crippen molar-refractivity contribution in [3.05, 3.63) is 30.1 Å². The zero-order valence-electron chi connectivity index (χ0n) is 6.93. The summed E-state index contributed by atoms with van der Waals surface area (Å²) in [6, 6.07) is 5.98. The molecular weight excluding hydrogens is 195 g/mol. The van der Waals surface area contributed by atoms with Crippen LogP contribution in [0.4, 0.5) is 0 Å². The molecule has 1 heterocycles. The largest absolute Gasteiger partial charge is 1.00 e. The minimum absolute atomic E-state index is 0. The first kappa shape index (κ1) is 14.2. The van der Waals surface area contributed by atoms with Gasteiger partial charge < -0.3 is 30.1 Å². The zero-order valence-corrected chi connectivity index (χ0v) is 8.44. The maximum atomic E-state index is 4.18. The van der Waals surface area contributed by atoms with Crippen LogP contribution in [-0.2, 0) is 6.42 Å². The molecule has 0 fully saturated rings. The molecule has 12 heavy (non-hydrogen) atoms. The molecule has 0 aliphatic rings. The molecule has 4 heteroatoms. The number of halogens is 2. The van der Waals surface area contributed by atoms with Gasteiger partial charge in [0, 0.05) is 24.9 Å². The van der Waals surface area contributed by atoms with E-state index in [2.05, 4.69) is 10.3 Å². The number of hydrogen-bond donors (Lipinski definition) is 1. The second-order valence-corrected chi connectivity index (χ2v) is 2.17.